The van der Waals surface area contributed by atoms with Gasteiger partial charge in [0.15, 0.2) is 0 Å². The number of esters is 1. The first-order valence-corrected chi connectivity index (χ1v) is 11.3. The maximum atomic E-state index is 12.3. The van der Waals surface area contributed by atoms with Crippen LogP contribution < -0.4 is 0 Å². The number of aliphatic hydroxyl groups is 2. The maximum Gasteiger partial charge on any atom is 0.306 e. The summed E-state index contributed by atoms with van der Waals surface area (Å²) in [4.78, 5) is 23.8. The monoisotopic (exact) mass is 428 g/mol. The lowest BCUT2D eigenvalue weighted by Crippen LogP contribution is -2.19. The van der Waals surface area contributed by atoms with Crippen LogP contribution in [0.15, 0.2) is 54.6 Å². The molecule has 31 heavy (non-hydrogen) atoms. The van der Waals surface area contributed by atoms with Crippen LogP contribution in [0.2, 0.25) is 0 Å². The van der Waals surface area contributed by atoms with Gasteiger partial charge in [0.05, 0.1) is 18.3 Å². The number of rotatable bonds is 12. The van der Waals surface area contributed by atoms with Crippen molar-refractivity contribution in [2.45, 2.75) is 77.1 Å². The van der Waals surface area contributed by atoms with Crippen molar-refractivity contribution >= 4 is 11.8 Å². The summed E-state index contributed by atoms with van der Waals surface area (Å²) < 4.78 is 5.10. The Labute approximate surface area is 185 Å². The average Bonchev–Trinajstić information content (AvgIpc) is 3.00. The summed E-state index contributed by atoms with van der Waals surface area (Å²) in [7, 11) is 0. The van der Waals surface area contributed by atoms with Gasteiger partial charge in [-0.25, -0.2) is 0 Å². The van der Waals surface area contributed by atoms with Crippen molar-refractivity contribution in [2.24, 2.45) is 11.8 Å². The molecule has 0 spiro atoms. The highest BCUT2D eigenvalue weighted by atomic mass is 16.5. The standard InChI is InChI=1S/C26H36O5/c1-19(2)31-26(30)13-9-4-3-8-12-22-23(25(29)18-24(22)28)17-16-21(27)15-14-20-10-6-5-7-11-20/h3,5-8,10-11,16-17,19,21-23,25,27,29H,4,9,12-15,18H2,1-2H3/t21?,22-,23-,25?/m1/s1. The molecule has 2 rings (SSSR count). The van der Waals surface area contributed by atoms with E-state index in [0.29, 0.717) is 25.7 Å². The summed E-state index contributed by atoms with van der Waals surface area (Å²) in [6.07, 6.45) is 10.00. The van der Waals surface area contributed by atoms with Gasteiger partial charge < -0.3 is 14.9 Å². The van der Waals surface area contributed by atoms with E-state index in [1.54, 1.807) is 6.08 Å². The van der Waals surface area contributed by atoms with Crippen molar-refractivity contribution in [1.29, 1.82) is 0 Å². The van der Waals surface area contributed by atoms with Gasteiger partial charge in [0.1, 0.15) is 5.78 Å². The number of aliphatic hydroxyl groups excluding tert-OH is 2. The molecule has 0 heterocycles. The van der Waals surface area contributed by atoms with E-state index >= 15 is 0 Å². The first-order chi connectivity index (χ1) is 14.9. The molecule has 0 radical (unpaired) electrons. The summed E-state index contributed by atoms with van der Waals surface area (Å²) in [6.45, 7) is 3.66. The number of benzene rings is 1. The van der Waals surface area contributed by atoms with E-state index in [1.807, 2.05) is 62.4 Å². The normalized spacial score (nSPS) is 22.6. The predicted molar refractivity (Wildman–Crippen MR) is 121 cm³/mol. The molecule has 5 heteroatoms. The Hall–Kier alpha value is -2.24. The fourth-order valence-corrected chi connectivity index (χ4v) is 3.89. The van der Waals surface area contributed by atoms with Gasteiger partial charge >= 0.3 is 5.97 Å². The number of ether oxygens (including phenoxy) is 1. The highest BCUT2D eigenvalue weighted by Gasteiger charge is 2.39. The Balaban J connectivity index is 1.77. The molecule has 0 saturated heterocycles. The van der Waals surface area contributed by atoms with Gasteiger partial charge in [0, 0.05) is 24.7 Å². The van der Waals surface area contributed by atoms with Gasteiger partial charge in [-0.05, 0) is 51.5 Å². The summed E-state index contributed by atoms with van der Waals surface area (Å²) in [5.41, 5.74) is 1.17. The third kappa shape index (κ3) is 9.19. The quantitative estimate of drug-likeness (QED) is 0.297. The predicted octanol–water partition coefficient (Wildman–Crippen LogP) is 4.17. The second-order valence-electron chi connectivity index (χ2n) is 8.54. The molecule has 0 bridgehead atoms. The Morgan fingerprint density at radius 3 is 2.68 bits per heavy atom. The molecule has 5 nitrogen and oxygen atoms in total. The molecule has 2 N–H and O–H groups in total. The van der Waals surface area contributed by atoms with E-state index in [4.69, 9.17) is 4.74 Å². The van der Waals surface area contributed by atoms with Crippen LogP contribution in [0.4, 0.5) is 0 Å². The second kappa shape index (κ2) is 13.2. The van der Waals surface area contributed by atoms with E-state index in [0.717, 1.165) is 12.8 Å². The molecule has 4 atom stereocenters. The Kier molecular flexibility index (Phi) is 10.7. The third-order valence-corrected chi connectivity index (χ3v) is 5.54. The molecule has 1 aromatic carbocycles. The number of carbonyl (C=O) groups excluding carboxylic acids is 2. The molecular weight excluding hydrogens is 392 g/mol. The average molecular weight is 429 g/mol. The van der Waals surface area contributed by atoms with E-state index in [-0.39, 0.29) is 36.1 Å². The molecule has 170 valence electrons. The van der Waals surface area contributed by atoms with Crippen LogP contribution in [0.1, 0.15) is 57.9 Å². The van der Waals surface area contributed by atoms with Gasteiger partial charge in [-0.15, -0.1) is 0 Å². The second-order valence-corrected chi connectivity index (χ2v) is 8.54. The Bertz CT molecular complexity index is 737. The van der Waals surface area contributed by atoms with Crippen LogP contribution in [0, 0.1) is 11.8 Å². The van der Waals surface area contributed by atoms with Gasteiger partial charge in [-0.3, -0.25) is 9.59 Å². The lowest BCUT2D eigenvalue weighted by molar-refractivity contribution is -0.147. The van der Waals surface area contributed by atoms with Crippen LogP contribution in [-0.4, -0.2) is 40.3 Å². The highest BCUT2D eigenvalue weighted by Crippen LogP contribution is 2.33. The lowest BCUT2D eigenvalue weighted by Gasteiger charge is -2.16. The van der Waals surface area contributed by atoms with Crippen LogP contribution in [0.3, 0.4) is 0 Å². The Morgan fingerprint density at radius 1 is 1.23 bits per heavy atom. The zero-order valence-corrected chi connectivity index (χ0v) is 18.7. The summed E-state index contributed by atoms with van der Waals surface area (Å²) in [5, 5.41) is 20.6. The number of ketones is 1. The van der Waals surface area contributed by atoms with E-state index < -0.39 is 12.2 Å². The number of Topliss-reactive ketones (excluding diaryl/α,β-unsaturated/α-hetero) is 1. The summed E-state index contributed by atoms with van der Waals surface area (Å²) in [5.74, 6) is -0.668. The lowest BCUT2D eigenvalue weighted by atomic mass is 9.90. The molecular formula is C26H36O5. The zero-order valence-electron chi connectivity index (χ0n) is 18.7. The fraction of sp³-hybridized carbons (Fsp3) is 0.538. The number of hydrogen-bond acceptors (Lipinski definition) is 5. The van der Waals surface area contributed by atoms with Gasteiger partial charge in [0.2, 0.25) is 0 Å². The van der Waals surface area contributed by atoms with Crippen LogP contribution in [0.25, 0.3) is 0 Å². The molecule has 1 fully saturated rings. The van der Waals surface area contributed by atoms with E-state index in [1.165, 1.54) is 5.56 Å². The van der Waals surface area contributed by atoms with Crippen molar-refractivity contribution in [3.63, 3.8) is 0 Å². The molecule has 1 aliphatic carbocycles. The highest BCUT2D eigenvalue weighted by molar-refractivity contribution is 5.84. The molecule has 0 amide bonds. The van der Waals surface area contributed by atoms with Crippen LogP contribution >= 0.6 is 0 Å². The van der Waals surface area contributed by atoms with Gasteiger partial charge in [-0.1, -0.05) is 54.6 Å². The van der Waals surface area contributed by atoms with E-state index in [9.17, 15) is 19.8 Å². The number of unbranched alkanes of at least 4 members (excludes halogenated alkanes) is 1. The molecule has 2 unspecified atom stereocenters. The van der Waals surface area contributed by atoms with Crippen LogP contribution in [-0.2, 0) is 20.7 Å². The van der Waals surface area contributed by atoms with E-state index in [2.05, 4.69) is 0 Å². The maximum absolute atomic E-state index is 12.3. The molecule has 1 aliphatic rings. The van der Waals surface area contributed by atoms with Crippen molar-refractivity contribution in [3.8, 4) is 0 Å². The number of aryl methyl sites for hydroxylation is 1. The third-order valence-electron chi connectivity index (χ3n) is 5.54. The van der Waals surface area contributed by atoms with Crippen molar-refractivity contribution in [1.82, 2.24) is 0 Å². The summed E-state index contributed by atoms with van der Waals surface area (Å²) >= 11 is 0. The summed E-state index contributed by atoms with van der Waals surface area (Å²) in [6, 6.07) is 9.99. The smallest absolute Gasteiger partial charge is 0.306 e. The zero-order chi connectivity index (χ0) is 22.6. The molecule has 0 aliphatic heterocycles. The van der Waals surface area contributed by atoms with Gasteiger partial charge in [0.25, 0.3) is 0 Å². The molecule has 1 aromatic rings. The van der Waals surface area contributed by atoms with Gasteiger partial charge in [-0.2, -0.15) is 0 Å². The first-order valence-electron chi connectivity index (χ1n) is 11.3. The Morgan fingerprint density at radius 2 is 1.97 bits per heavy atom. The largest absolute Gasteiger partial charge is 0.463 e. The van der Waals surface area contributed by atoms with Crippen LogP contribution in [0.5, 0.6) is 0 Å². The minimum atomic E-state index is -0.700. The first kappa shape index (κ1) is 25.0. The minimum absolute atomic E-state index is 0.0612. The fourth-order valence-electron chi connectivity index (χ4n) is 3.89. The minimum Gasteiger partial charge on any atom is -0.463 e. The van der Waals surface area contributed by atoms with Crippen molar-refractivity contribution in [2.75, 3.05) is 0 Å². The molecule has 1 saturated carbocycles. The number of carbonyl (C=O) groups is 2. The topological polar surface area (TPSA) is 83.8 Å². The molecule has 0 aromatic heterocycles. The van der Waals surface area contributed by atoms with Crippen molar-refractivity contribution in [3.05, 3.63) is 60.2 Å². The number of hydrogen-bond donors (Lipinski definition) is 2. The van der Waals surface area contributed by atoms with Crippen molar-refractivity contribution < 1.29 is 24.5 Å². The SMILES string of the molecule is CC(C)OC(=O)CCCC=CC[C@H]1C(=O)CC(O)[C@@H]1C=CC(O)CCc1ccccc1. The number of allylic oxidation sites excluding steroid dienone is 2.